The van der Waals surface area contributed by atoms with Gasteiger partial charge in [0.05, 0.1) is 23.9 Å². The number of benzene rings is 1. The topological polar surface area (TPSA) is 37.9 Å². The van der Waals surface area contributed by atoms with Gasteiger partial charge in [0.25, 0.3) is 0 Å². The molecule has 1 N–H and O–H groups in total. The molecule has 0 aliphatic carbocycles. The van der Waals surface area contributed by atoms with Crippen LogP contribution >= 0.6 is 11.3 Å². The predicted molar refractivity (Wildman–Crippen MR) is 73.9 cm³/mol. The van der Waals surface area contributed by atoms with Crippen molar-refractivity contribution in [3.8, 4) is 27.7 Å². The van der Waals surface area contributed by atoms with Gasteiger partial charge in [-0.3, -0.25) is 0 Å². The molecule has 2 heterocycles. The Bertz CT molecular complexity index is 643. The minimum absolute atomic E-state index is 0.847. The van der Waals surface area contributed by atoms with E-state index in [4.69, 9.17) is 4.74 Å². The molecule has 4 heteroatoms. The Morgan fingerprint density at radius 2 is 2.17 bits per heavy atom. The molecule has 0 atom stereocenters. The van der Waals surface area contributed by atoms with Crippen molar-refractivity contribution in [2.45, 2.75) is 0 Å². The highest BCUT2D eigenvalue weighted by atomic mass is 32.1. The lowest BCUT2D eigenvalue weighted by Crippen LogP contribution is -1.83. The van der Waals surface area contributed by atoms with Crippen LogP contribution in [-0.2, 0) is 0 Å². The number of rotatable bonds is 3. The number of thiophene rings is 1. The zero-order valence-corrected chi connectivity index (χ0v) is 10.7. The third kappa shape index (κ3) is 2.02. The van der Waals surface area contributed by atoms with Crippen LogP contribution in [-0.4, -0.2) is 17.1 Å². The maximum Gasteiger partial charge on any atom is 0.147 e. The molecule has 0 aliphatic rings. The van der Waals surface area contributed by atoms with E-state index in [1.54, 1.807) is 18.4 Å². The molecule has 0 fully saturated rings. The Labute approximate surface area is 109 Å². The second-order valence-corrected chi connectivity index (χ2v) is 4.80. The van der Waals surface area contributed by atoms with Gasteiger partial charge in [-0.25, -0.2) is 4.98 Å². The maximum absolute atomic E-state index is 5.22. The first-order valence-corrected chi connectivity index (χ1v) is 6.48. The van der Waals surface area contributed by atoms with E-state index in [-0.39, 0.29) is 0 Å². The molecular formula is C14H12N2OS. The number of aromatic nitrogens is 2. The second-order valence-electron chi connectivity index (χ2n) is 3.85. The normalized spacial score (nSPS) is 10.5. The highest BCUT2D eigenvalue weighted by molar-refractivity contribution is 7.13. The highest BCUT2D eigenvalue weighted by Crippen LogP contribution is 2.26. The standard InChI is InChI=1S/C14H12N2OS/c1-17-11-5-2-4-10(8-11)12-9-15-14(16-12)13-6-3-7-18-13/h2-9H,1H3,(H,15,16). The van der Waals surface area contributed by atoms with Crippen LogP contribution in [0.1, 0.15) is 0 Å². The SMILES string of the molecule is COc1cccc(-c2cnc(-c3cccs3)[nH]2)c1. The average Bonchev–Trinajstić information content (AvgIpc) is 3.09. The molecule has 0 spiro atoms. The van der Waals surface area contributed by atoms with Crippen LogP contribution in [0.15, 0.2) is 48.0 Å². The van der Waals surface area contributed by atoms with Gasteiger partial charge in [0.2, 0.25) is 0 Å². The fourth-order valence-electron chi connectivity index (χ4n) is 1.80. The highest BCUT2D eigenvalue weighted by Gasteiger charge is 2.06. The van der Waals surface area contributed by atoms with E-state index in [9.17, 15) is 0 Å². The number of H-pyrrole nitrogens is 1. The monoisotopic (exact) mass is 256 g/mol. The second kappa shape index (κ2) is 4.66. The number of methoxy groups -OCH3 is 1. The Balaban J connectivity index is 1.97. The molecular weight excluding hydrogens is 244 g/mol. The van der Waals surface area contributed by atoms with E-state index in [1.807, 2.05) is 41.9 Å². The molecule has 0 bridgehead atoms. The first-order valence-electron chi connectivity index (χ1n) is 5.60. The molecule has 0 aliphatic heterocycles. The number of imidazole rings is 1. The largest absolute Gasteiger partial charge is 0.497 e. The van der Waals surface area contributed by atoms with Crippen molar-refractivity contribution >= 4 is 11.3 Å². The van der Waals surface area contributed by atoms with Crippen LogP contribution in [0.25, 0.3) is 22.0 Å². The Hall–Kier alpha value is -2.07. The molecule has 0 saturated heterocycles. The van der Waals surface area contributed by atoms with Crippen molar-refractivity contribution in [2.75, 3.05) is 7.11 Å². The van der Waals surface area contributed by atoms with Crippen LogP contribution in [0.4, 0.5) is 0 Å². The van der Waals surface area contributed by atoms with Crippen molar-refractivity contribution in [1.82, 2.24) is 9.97 Å². The number of hydrogen-bond acceptors (Lipinski definition) is 3. The third-order valence-electron chi connectivity index (χ3n) is 2.71. The lowest BCUT2D eigenvalue weighted by atomic mass is 10.1. The summed E-state index contributed by atoms with van der Waals surface area (Å²) >= 11 is 1.67. The van der Waals surface area contributed by atoms with Gasteiger partial charge in [0.1, 0.15) is 11.6 Å². The van der Waals surface area contributed by atoms with E-state index < -0.39 is 0 Å². The van der Waals surface area contributed by atoms with E-state index in [0.717, 1.165) is 27.7 Å². The van der Waals surface area contributed by atoms with Gasteiger partial charge < -0.3 is 9.72 Å². The summed E-state index contributed by atoms with van der Waals surface area (Å²) in [5.41, 5.74) is 2.07. The summed E-state index contributed by atoms with van der Waals surface area (Å²) in [5.74, 6) is 1.75. The van der Waals surface area contributed by atoms with Gasteiger partial charge in [-0.2, -0.15) is 0 Å². The minimum Gasteiger partial charge on any atom is -0.497 e. The number of aromatic amines is 1. The zero-order chi connectivity index (χ0) is 12.4. The van der Waals surface area contributed by atoms with Crippen LogP contribution in [0, 0.1) is 0 Å². The van der Waals surface area contributed by atoms with Crippen molar-refractivity contribution in [3.05, 3.63) is 48.0 Å². The Morgan fingerprint density at radius 3 is 2.94 bits per heavy atom. The van der Waals surface area contributed by atoms with Crippen molar-refractivity contribution in [1.29, 1.82) is 0 Å². The van der Waals surface area contributed by atoms with Crippen LogP contribution in [0.3, 0.4) is 0 Å². The van der Waals surface area contributed by atoms with Gasteiger partial charge >= 0.3 is 0 Å². The lowest BCUT2D eigenvalue weighted by Gasteiger charge is -2.01. The Kier molecular flexibility index (Phi) is 2.86. The van der Waals surface area contributed by atoms with Crippen LogP contribution in [0.2, 0.25) is 0 Å². The van der Waals surface area contributed by atoms with Gasteiger partial charge in [-0.15, -0.1) is 11.3 Å². The first kappa shape index (κ1) is 11.0. The van der Waals surface area contributed by atoms with E-state index >= 15 is 0 Å². The lowest BCUT2D eigenvalue weighted by molar-refractivity contribution is 0.415. The van der Waals surface area contributed by atoms with Crippen molar-refractivity contribution in [2.24, 2.45) is 0 Å². The smallest absolute Gasteiger partial charge is 0.147 e. The van der Waals surface area contributed by atoms with Crippen molar-refractivity contribution < 1.29 is 4.74 Å². The van der Waals surface area contributed by atoms with Crippen LogP contribution < -0.4 is 4.74 Å². The molecule has 3 nitrogen and oxygen atoms in total. The molecule has 0 unspecified atom stereocenters. The number of ether oxygens (including phenoxy) is 1. The van der Waals surface area contributed by atoms with Gasteiger partial charge in [0, 0.05) is 5.56 Å². The summed E-state index contributed by atoms with van der Waals surface area (Å²) in [6.45, 7) is 0. The molecule has 0 amide bonds. The fraction of sp³-hybridized carbons (Fsp3) is 0.0714. The Morgan fingerprint density at radius 1 is 1.22 bits per heavy atom. The van der Waals surface area contributed by atoms with Gasteiger partial charge in [0.15, 0.2) is 0 Å². The summed E-state index contributed by atoms with van der Waals surface area (Å²) in [7, 11) is 1.67. The molecule has 3 aromatic rings. The number of nitrogens with one attached hydrogen (secondary N) is 1. The molecule has 1 aromatic carbocycles. The average molecular weight is 256 g/mol. The van der Waals surface area contributed by atoms with E-state index in [2.05, 4.69) is 16.0 Å². The van der Waals surface area contributed by atoms with Gasteiger partial charge in [-0.1, -0.05) is 18.2 Å². The molecule has 3 rings (SSSR count). The summed E-state index contributed by atoms with van der Waals surface area (Å²) < 4.78 is 5.22. The molecule has 90 valence electrons. The summed E-state index contributed by atoms with van der Waals surface area (Å²) in [6, 6.07) is 12.0. The summed E-state index contributed by atoms with van der Waals surface area (Å²) in [4.78, 5) is 8.87. The van der Waals surface area contributed by atoms with Gasteiger partial charge in [-0.05, 0) is 23.6 Å². The third-order valence-corrected chi connectivity index (χ3v) is 3.59. The number of hydrogen-bond donors (Lipinski definition) is 1. The van der Waals surface area contributed by atoms with E-state index in [0.29, 0.717) is 0 Å². The van der Waals surface area contributed by atoms with Crippen LogP contribution in [0.5, 0.6) is 5.75 Å². The maximum atomic E-state index is 5.22. The number of nitrogens with zero attached hydrogens (tertiary/aromatic N) is 1. The summed E-state index contributed by atoms with van der Waals surface area (Å²) in [6.07, 6.45) is 1.85. The van der Waals surface area contributed by atoms with E-state index in [1.165, 1.54) is 0 Å². The fourth-order valence-corrected chi connectivity index (χ4v) is 2.47. The zero-order valence-electron chi connectivity index (χ0n) is 9.88. The minimum atomic E-state index is 0.847. The summed E-state index contributed by atoms with van der Waals surface area (Å²) in [5, 5.41) is 2.04. The molecule has 18 heavy (non-hydrogen) atoms. The quantitative estimate of drug-likeness (QED) is 0.773. The molecule has 0 saturated carbocycles. The van der Waals surface area contributed by atoms with Crippen molar-refractivity contribution in [3.63, 3.8) is 0 Å². The molecule has 0 radical (unpaired) electrons. The molecule has 2 aromatic heterocycles. The predicted octanol–water partition coefficient (Wildman–Crippen LogP) is 3.81. The first-order chi connectivity index (χ1) is 8.86.